The Labute approximate surface area is 175 Å². The van der Waals surface area contributed by atoms with Crippen molar-refractivity contribution >= 4 is 34.0 Å². The van der Waals surface area contributed by atoms with Crippen LogP contribution >= 0.6 is 0 Å². The normalized spacial score (nSPS) is 17.0. The Morgan fingerprint density at radius 3 is 2.77 bits per heavy atom. The summed E-state index contributed by atoms with van der Waals surface area (Å²) in [6.45, 7) is 4.45. The molecule has 0 aliphatic carbocycles. The molecule has 0 spiro atoms. The number of hydrogen-bond donors (Lipinski definition) is 2. The number of fused-ring (bicyclic) bond motifs is 1. The first kappa shape index (κ1) is 18.8. The van der Waals surface area contributed by atoms with Crippen LogP contribution in [0.15, 0.2) is 30.7 Å². The van der Waals surface area contributed by atoms with Gasteiger partial charge in [-0.15, -0.1) is 0 Å². The molecule has 2 aliphatic heterocycles. The summed E-state index contributed by atoms with van der Waals surface area (Å²) < 4.78 is 1.80. The Balaban J connectivity index is 1.46. The maximum atomic E-state index is 13.1. The number of carbonyl (C=O) groups excluding carboxylic acids is 1. The van der Waals surface area contributed by atoms with E-state index in [1.807, 2.05) is 19.3 Å². The van der Waals surface area contributed by atoms with Gasteiger partial charge in [-0.25, -0.2) is 4.98 Å². The third-order valence-corrected chi connectivity index (χ3v) is 5.72. The van der Waals surface area contributed by atoms with Crippen LogP contribution in [0.1, 0.15) is 29.8 Å². The molecule has 1 aromatic carbocycles. The minimum atomic E-state index is -0.252. The Kier molecular flexibility index (Phi) is 4.96. The van der Waals surface area contributed by atoms with Gasteiger partial charge >= 0.3 is 0 Å². The van der Waals surface area contributed by atoms with Gasteiger partial charge in [-0.05, 0) is 31.4 Å². The number of aromatic nitrogens is 4. The lowest BCUT2D eigenvalue weighted by Crippen LogP contribution is -2.30. The summed E-state index contributed by atoms with van der Waals surface area (Å²) in [4.78, 5) is 26.3. The van der Waals surface area contributed by atoms with Gasteiger partial charge in [0.1, 0.15) is 11.5 Å². The van der Waals surface area contributed by atoms with Gasteiger partial charge in [0, 0.05) is 44.8 Å². The number of benzene rings is 1. The van der Waals surface area contributed by atoms with Crippen molar-refractivity contribution in [1.29, 1.82) is 0 Å². The smallest absolute Gasteiger partial charge is 0.276 e. The summed E-state index contributed by atoms with van der Waals surface area (Å²) in [5, 5.41) is 11.9. The molecule has 156 valence electrons. The number of aryl methyl sites for hydroxylation is 1. The fourth-order valence-electron chi connectivity index (χ4n) is 4.19. The van der Waals surface area contributed by atoms with E-state index >= 15 is 0 Å². The largest absolute Gasteiger partial charge is 0.370 e. The number of rotatable bonds is 4. The molecule has 2 saturated heterocycles. The molecule has 30 heavy (non-hydrogen) atoms. The van der Waals surface area contributed by atoms with Crippen LogP contribution in [0, 0.1) is 0 Å². The first-order chi connectivity index (χ1) is 14.7. The zero-order valence-electron chi connectivity index (χ0n) is 17.1. The van der Waals surface area contributed by atoms with Gasteiger partial charge in [0.15, 0.2) is 0 Å². The Hall–Kier alpha value is -3.20. The molecule has 0 atom stereocenters. The molecule has 5 rings (SSSR count). The van der Waals surface area contributed by atoms with Crippen LogP contribution in [0.4, 0.5) is 17.2 Å². The van der Waals surface area contributed by atoms with Crippen molar-refractivity contribution in [2.24, 2.45) is 7.05 Å². The van der Waals surface area contributed by atoms with Crippen LogP contribution in [0.2, 0.25) is 0 Å². The van der Waals surface area contributed by atoms with E-state index in [0.717, 1.165) is 68.0 Å². The van der Waals surface area contributed by atoms with Crippen molar-refractivity contribution in [3.8, 4) is 0 Å². The summed E-state index contributed by atoms with van der Waals surface area (Å²) in [7, 11) is 1.91. The van der Waals surface area contributed by atoms with Gasteiger partial charge < -0.3 is 15.1 Å². The average Bonchev–Trinajstić information content (AvgIpc) is 3.43. The molecule has 2 aromatic heterocycles. The molecule has 1 amide bonds. The lowest BCUT2D eigenvalue weighted by Gasteiger charge is -2.30. The minimum absolute atomic E-state index is 0.252. The van der Waals surface area contributed by atoms with E-state index in [2.05, 4.69) is 41.6 Å². The number of amides is 1. The summed E-state index contributed by atoms with van der Waals surface area (Å²) in [6.07, 6.45) is 8.75. The summed E-state index contributed by atoms with van der Waals surface area (Å²) in [6, 6.07) is 4.08. The number of anilines is 3. The summed E-state index contributed by atoms with van der Waals surface area (Å²) in [5.74, 6) is 0.463. The van der Waals surface area contributed by atoms with Crippen LogP contribution in [-0.4, -0.2) is 58.5 Å². The van der Waals surface area contributed by atoms with Crippen LogP contribution in [0.5, 0.6) is 0 Å². The highest BCUT2D eigenvalue weighted by molar-refractivity contribution is 6.06. The second kappa shape index (κ2) is 7.91. The molecule has 0 saturated carbocycles. The van der Waals surface area contributed by atoms with Crippen molar-refractivity contribution in [3.63, 3.8) is 0 Å². The molecule has 2 aliphatic rings. The van der Waals surface area contributed by atoms with Crippen molar-refractivity contribution in [2.75, 3.05) is 48.0 Å². The number of carbonyl (C=O) groups is 1. The highest BCUT2D eigenvalue weighted by Crippen LogP contribution is 2.33. The van der Waals surface area contributed by atoms with E-state index in [-0.39, 0.29) is 5.91 Å². The zero-order chi connectivity index (χ0) is 20.5. The van der Waals surface area contributed by atoms with Gasteiger partial charge in [0.25, 0.3) is 5.91 Å². The minimum Gasteiger partial charge on any atom is -0.370 e. The van der Waals surface area contributed by atoms with E-state index in [1.165, 1.54) is 12.6 Å². The van der Waals surface area contributed by atoms with Crippen LogP contribution in [0.3, 0.4) is 0 Å². The molecular weight excluding hydrogens is 380 g/mol. The third-order valence-electron chi connectivity index (χ3n) is 5.72. The van der Waals surface area contributed by atoms with Gasteiger partial charge in [0.2, 0.25) is 0 Å². The van der Waals surface area contributed by atoms with Crippen LogP contribution < -0.4 is 20.4 Å². The molecule has 0 bridgehead atoms. The van der Waals surface area contributed by atoms with E-state index < -0.39 is 0 Å². The summed E-state index contributed by atoms with van der Waals surface area (Å²) in [5.41, 5.74) is 3.05. The molecule has 4 heterocycles. The molecule has 0 radical (unpaired) electrons. The van der Waals surface area contributed by atoms with E-state index in [0.29, 0.717) is 11.5 Å². The Bertz CT molecular complexity index is 1070. The maximum Gasteiger partial charge on any atom is 0.276 e. The molecule has 3 aromatic rings. The van der Waals surface area contributed by atoms with E-state index in [4.69, 9.17) is 0 Å². The standard InChI is InChI=1S/C21H26N8O/c1-27-13-15-9-17(19(10-16(15)26-27)28-6-3-2-4-7-28)25-21(30)18-11-23-12-20(24-18)29-8-5-22-14-29/h9-13,22H,2-8,14H2,1H3,(H,25,30). The number of nitrogens with one attached hydrogen (secondary N) is 2. The van der Waals surface area contributed by atoms with Gasteiger partial charge in [0.05, 0.1) is 36.0 Å². The van der Waals surface area contributed by atoms with Crippen molar-refractivity contribution < 1.29 is 4.79 Å². The van der Waals surface area contributed by atoms with Crippen LogP contribution in [-0.2, 0) is 7.05 Å². The molecular formula is C21H26N8O. The lowest BCUT2D eigenvalue weighted by molar-refractivity contribution is 0.102. The highest BCUT2D eigenvalue weighted by atomic mass is 16.1. The Morgan fingerprint density at radius 1 is 1.10 bits per heavy atom. The molecule has 9 nitrogen and oxygen atoms in total. The predicted octanol–water partition coefficient (Wildman–Crippen LogP) is 1.97. The topological polar surface area (TPSA) is 91.2 Å². The lowest BCUT2D eigenvalue weighted by atomic mass is 10.1. The number of piperidine rings is 1. The fraction of sp³-hybridized carbons (Fsp3) is 0.429. The van der Waals surface area contributed by atoms with E-state index in [1.54, 1.807) is 10.9 Å². The zero-order valence-corrected chi connectivity index (χ0v) is 17.1. The highest BCUT2D eigenvalue weighted by Gasteiger charge is 2.20. The molecule has 0 unspecified atom stereocenters. The van der Waals surface area contributed by atoms with Gasteiger partial charge in [-0.1, -0.05) is 0 Å². The summed E-state index contributed by atoms with van der Waals surface area (Å²) >= 11 is 0. The fourth-order valence-corrected chi connectivity index (χ4v) is 4.19. The van der Waals surface area contributed by atoms with Crippen molar-refractivity contribution in [1.82, 2.24) is 25.1 Å². The number of hydrogen-bond acceptors (Lipinski definition) is 7. The average molecular weight is 406 g/mol. The quantitative estimate of drug-likeness (QED) is 0.684. The molecule has 2 N–H and O–H groups in total. The van der Waals surface area contributed by atoms with Gasteiger partial charge in [-0.3, -0.25) is 19.8 Å². The Morgan fingerprint density at radius 2 is 1.97 bits per heavy atom. The molecule has 2 fully saturated rings. The second-order valence-electron chi connectivity index (χ2n) is 7.92. The maximum absolute atomic E-state index is 13.1. The molecule has 9 heteroatoms. The van der Waals surface area contributed by atoms with Crippen LogP contribution in [0.25, 0.3) is 10.9 Å². The first-order valence-corrected chi connectivity index (χ1v) is 10.5. The van der Waals surface area contributed by atoms with E-state index in [9.17, 15) is 4.79 Å². The number of nitrogens with zero attached hydrogens (tertiary/aromatic N) is 6. The SMILES string of the molecule is Cn1cc2cc(NC(=O)c3cncc(N4CCNC4)n3)c(N3CCCCC3)cc2n1. The predicted molar refractivity (Wildman–Crippen MR) is 117 cm³/mol. The monoisotopic (exact) mass is 406 g/mol. The second-order valence-corrected chi connectivity index (χ2v) is 7.92. The first-order valence-electron chi connectivity index (χ1n) is 10.5. The van der Waals surface area contributed by atoms with Gasteiger partial charge in [-0.2, -0.15) is 5.10 Å². The van der Waals surface area contributed by atoms with Crippen molar-refractivity contribution in [2.45, 2.75) is 19.3 Å². The van der Waals surface area contributed by atoms with Crippen molar-refractivity contribution in [3.05, 3.63) is 36.4 Å². The third kappa shape index (κ3) is 3.68.